The first-order valence-electron chi connectivity index (χ1n) is 16.3. The van der Waals surface area contributed by atoms with E-state index < -0.39 is 11.7 Å². The van der Waals surface area contributed by atoms with Crippen molar-refractivity contribution < 1.29 is 23.4 Å². The number of benzene rings is 1. The number of thioether (sulfide) groups is 1. The average Bonchev–Trinajstić information content (AvgIpc) is 3.56. The average molecular weight is 652 g/mol. The van der Waals surface area contributed by atoms with Crippen LogP contribution < -0.4 is 5.46 Å². The summed E-state index contributed by atoms with van der Waals surface area (Å²) in [6.07, 6.45) is 0.330. The lowest BCUT2D eigenvalue weighted by Crippen LogP contribution is -2.47. The molecule has 1 aliphatic carbocycles. The summed E-state index contributed by atoms with van der Waals surface area (Å²) < 4.78 is 27.1. The third-order valence-electron chi connectivity index (χ3n) is 7.38. The number of carbonyl (C=O) groups excluding carboxylic acids is 2. The zero-order valence-electron chi connectivity index (χ0n) is 32.0. The van der Waals surface area contributed by atoms with Crippen molar-refractivity contribution >= 4 is 48.7 Å². The Morgan fingerprint density at radius 1 is 1.00 bits per heavy atom. The predicted octanol–water partition coefficient (Wildman–Crippen LogP) is 8.56. The summed E-state index contributed by atoms with van der Waals surface area (Å²) in [5.41, 5.74) is 0.676. The summed E-state index contributed by atoms with van der Waals surface area (Å²) in [6.45, 7) is 32.0. The number of aliphatic imine (C=N–C) groups is 1. The van der Waals surface area contributed by atoms with Crippen LogP contribution in [0.15, 0.2) is 23.2 Å². The van der Waals surface area contributed by atoms with Gasteiger partial charge in [-0.15, -0.1) is 0 Å². The number of rotatable bonds is 7. The number of ether oxygens (including phenoxy) is 1. The Labute approximate surface area is 281 Å². The molecule has 0 heterocycles. The Balaban J connectivity index is 0. The van der Waals surface area contributed by atoms with Gasteiger partial charge in [0.25, 0.3) is 6.85 Å². The van der Waals surface area contributed by atoms with Crippen LogP contribution in [0.4, 0.5) is 9.18 Å². The Bertz CT molecular complexity index is 1070. The zero-order valence-corrected chi connectivity index (χ0v) is 32.8. The van der Waals surface area contributed by atoms with E-state index >= 15 is 4.39 Å². The number of hydrogen-bond acceptors (Lipinski definition) is 6. The van der Waals surface area contributed by atoms with Gasteiger partial charge in [0.1, 0.15) is 11.4 Å². The molecule has 0 spiro atoms. The fraction of sp³-hybridized carbons (Fsp3) is 0.735. The zero-order chi connectivity index (χ0) is 36.1. The molecule has 7 nitrogen and oxygen atoms in total. The van der Waals surface area contributed by atoms with E-state index in [1.165, 1.54) is 16.7 Å². The van der Waals surface area contributed by atoms with Crippen molar-refractivity contribution in [2.75, 3.05) is 21.1 Å². The largest absolute Gasteiger partial charge is 0.444 e. The monoisotopic (exact) mass is 651 g/mol. The molecule has 2 amide bonds. The van der Waals surface area contributed by atoms with Crippen molar-refractivity contribution in [3.63, 3.8) is 0 Å². The van der Waals surface area contributed by atoms with Crippen LogP contribution in [0.2, 0.25) is 20.5 Å². The molecule has 0 radical (unpaired) electrons. The molecule has 1 aliphatic rings. The quantitative estimate of drug-likeness (QED) is 0.128. The maximum atomic E-state index is 15.1. The number of halogens is 1. The highest BCUT2D eigenvalue weighted by molar-refractivity contribution is 8.14. The van der Waals surface area contributed by atoms with E-state index in [0.717, 1.165) is 11.9 Å². The maximum Gasteiger partial charge on any atom is 0.403 e. The second-order valence-corrected chi connectivity index (χ2v) is 14.9. The van der Waals surface area contributed by atoms with Crippen molar-refractivity contribution in [1.82, 2.24) is 9.71 Å². The molecule has 45 heavy (non-hydrogen) atoms. The van der Waals surface area contributed by atoms with Crippen LogP contribution in [-0.4, -0.2) is 78.7 Å². The Morgan fingerprint density at radius 3 is 1.87 bits per heavy atom. The lowest BCUT2D eigenvalue weighted by atomic mass is 9.61. The third kappa shape index (κ3) is 14.5. The van der Waals surface area contributed by atoms with Gasteiger partial charge in [-0.2, -0.15) is 0 Å². The minimum atomic E-state index is -0.604. The van der Waals surface area contributed by atoms with Crippen LogP contribution >= 0.6 is 11.8 Å². The topological polar surface area (TPSA) is 71.4 Å². The van der Waals surface area contributed by atoms with E-state index in [1.54, 1.807) is 32.0 Å². The first kappa shape index (κ1) is 45.1. The van der Waals surface area contributed by atoms with E-state index in [4.69, 9.17) is 9.39 Å². The molecule has 1 saturated carbocycles. The van der Waals surface area contributed by atoms with Gasteiger partial charge in [0.05, 0.1) is 5.60 Å². The molecule has 2 rings (SSSR count). The smallest absolute Gasteiger partial charge is 0.403 e. The summed E-state index contributed by atoms with van der Waals surface area (Å²) in [5.74, 6) is 0.0670. The second kappa shape index (κ2) is 19.6. The van der Waals surface area contributed by atoms with Crippen LogP contribution in [0, 0.1) is 17.2 Å². The predicted molar refractivity (Wildman–Crippen MR) is 197 cm³/mol. The van der Waals surface area contributed by atoms with Gasteiger partial charge >= 0.3 is 13.0 Å². The van der Waals surface area contributed by atoms with E-state index in [0.29, 0.717) is 10.7 Å². The van der Waals surface area contributed by atoms with Gasteiger partial charge in [0.2, 0.25) is 6.41 Å². The van der Waals surface area contributed by atoms with E-state index in [9.17, 15) is 9.59 Å². The van der Waals surface area contributed by atoms with Crippen molar-refractivity contribution in [2.24, 2.45) is 16.3 Å². The lowest BCUT2D eigenvalue weighted by molar-refractivity contribution is -0.115. The van der Waals surface area contributed by atoms with Crippen LogP contribution in [0.25, 0.3) is 0 Å². The SMILES string of the molecule is CC.CC.CN(C)C=O.CN=C(SC1C(C)C1c1cc(B(C)OC(C)(C)C(C)(C)C)ccc1F)N(B(C)C)C(=O)OC(C)(C)C. The molecular formula is C34H64B2FN3O4S. The van der Waals surface area contributed by atoms with Gasteiger partial charge in [-0.25, -0.2) is 9.18 Å². The standard InChI is InChI=1S/C27H45B2FN2O3S.C3H7NO.2C2H6/c1-17-21(22(17)36-23(31-13)32(28(10)11)24(33)34-26(5,6)7)19-16-18(14-15-20(19)30)29(12)35-27(8,9)25(2,3)4;1-4(2)3-5;2*1-2/h14-17,21-22H,1-13H3;3H,1-2H3;2*1-2H3. The molecular weight excluding hydrogens is 587 g/mol. The van der Waals surface area contributed by atoms with Crippen molar-refractivity contribution in [2.45, 2.75) is 133 Å². The fourth-order valence-electron chi connectivity index (χ4n) is 3.98. The van der Waals surface area contributed by atoms with E-state index in [-0.39, 0.29) is 47.7 Å². The molecule has 0 N–H and O–H groups in total. The highest BCUT2D eigenvalue weighted by Gasteiger charge is 2.51. The van der Waals surface area contributed by atoms with Gasteiger partial charge in [0, 0.05) is 32.3 Å². The first-order valence-corrected chi connectivity index (χ1v) is 17.2. The number of nitrogens with zero attached hydrogens (tertiary/aromatic N) is 3. The molecule has 11 heteroatoms. The first-order chi connectivity index (χ1) is 20.6. The molecule has 0 aliphatic heterocycles. The highest BCUT2D eigenvalue weighted by Crippen LogP contribution is 2.56. The van der Waals surface area contributed by atoms with Gasteiger partial charge in [-0.3, -0.25) is 9.79 Å². The molecule has 1 fully saturated rings. The van der Waals surface area contributed by atoms with Crippen molar-refractivity contribution in [3.05, 3.63) is 29.6 Å². The number of hydrogen-bond donors (Lipinski definition) is 0. The summed E-state index contributed by atoms with van der Waals surface area (Å²) in [5, 5.41) is 0.707. The van der Waals surface area contributed by atoms with Crippen molar-refractivity contribution in [3.8, 4) is 0 Å². The molecule has 1 aromatic rings. The van der Waals surface area contributed by atoms with Crippen LogP contribution in [0.3, 0.4) is 0 Å². The van der Waals surface area contributed by atoms with E-state index in [1.807, 2.05) is 81.1 Å². The summed E-state index contributed by atoms with van der Waals surface area (Å²) >= 11 is 1.53. The molecule has 1 aromatic carbocycles. The van der Waals surface area contributed by atoms with Crippen LogP contribution in [0.1, 0.15) is 101 Å². The minimum Gasteiger partial charge on any atom is -0.444 e. The fourth-order valence-corrected chi connectivity index (χ4v) is 5.57. The second-order valence-electron chi connectivity index (χ2n) is 13.8. The highest BCUT2D eigenvalue weighted by atomic mass is 32.2. The molecule has 258 valence electrons. The van der Waals surface area contributed by atoms with Gasteiger partial charge < -0.3 is 19.1 Å². The molecule has 0 bridgehead atoms. The number of amides is 2. The molecule has 3 atom stereocenters. The molecule has 0 saturated heterocycles. The van der Waals surface area contributed by atoms with Gasteiger partial charge in [-0.05, 0) is 63.0 Å². The minimum absolute atomic E-state index is 0.0298. The summed E-state index contributed by atoms with van der Waals surface area (Å²) in [4.78, 5) is 29.8. The van der Waals surface area contributed by atoms with Crippen LogP contribution in [0.5, 0.6) is 0 Å². The maximum absolute atomic E-state index is 15.1. The van der Waals surface area contributed by atoms with Gasteiger partial charge in [-0.1, -0.05) is 99.8 Å². The normalized spacial score (nSPS) is 17.6. The Kier molecular flexibility index (Phi) is 19.7. The van der Waals surface area contributed by atoms with Crippen LogP contribution in [-0.2, 0) is 14.2 Å². The van der Waals surface area contributed by atoms with E-state index in [2.05, 4.69) is 46.5 Å². The molecule has 3 unspecified atom stereocenters. The number of carbonyl (C=O) groups is 2. The number of amidine groups is 1. The summed E-state index contributed by atoms with van der Waals surface area (Å²) in [6, 6.07) is 5.33. The Morgan fingerprint density at radius 2 is 1.49 bits per heavy atom. The lowest BCUT2D eigenvalue weighted by Gasteiger charge is -2.41. The molecule has 0 aromatic heterocycles. The van der Waals surface area contributed by atoms with Crippen molar-refractivity contribution in [1.29, 1.82) is 0 Å². The summed E-state index contributed by atoms with van der Waals surface area (Å²) in [7, 11) is 5.06. The van der Waals surface area contributed by atoms with Gasteiger partial charge in [0.15, 0.2) is 5.17 Å². The Hall–Kier alpha value is -2.00. The third-order valence-corrected chi connectivity index (χ3v) is 8.96.